The number of carbonyl (C=O) groups excluding carboxylic acids is 2. The number of nitriles is 1. The topological polar surface area (TPSA) is 106 Å². The van der Waals surface area contributed by atoms with Crippen molar-refractivity contribution in [2.24, 2.45) is 0 Å². The number of aromatic nitrogens is 3. The lowest BCUT2D eigenvalue weighted by molar-refractivity contribution is 0.0532. The van der Waals surface area contributed by atoms with E-state index in [-0.39, 0.29) is 11.8 Å². The predicted octanol–water partition coefficient (Wildman–Crippen LogP) is 1.94. The molecular formula is C21H18N6O2. The van der Waals surface area contributed by atoms with Crippen LogP contribution in [-0.2, 0) is 0 Å². The molecule has 4 rings (SSSR count). The van der Waals surface area contributed by atoms with Crippen molar-refractivity contribution < 1.29 is 9.59 Å². The van der Waals surface area contributed by atoms with Gasteiger partial charge in [-0.05, 0) is 42.5 Å². The normalized spacial score (nSPS) is 13.8. The highest BCUT2D eigenvalue weighted by molar-refractivity contribution is 5.95. The van der Waals surface area contributed by atoms with Gasteiger partial charge in [0.15, 0.2) is 0 Å². The number of aromatic amines is 1. The van der Waals surface area contributed by atoms with E-state index in [9.17, 15) is 9.59 Å². The lowest BCUT2D eigenvalue weighted by atomic mass is 10.1. The third-order valence-corrected chi connectivity index (χ3v) is 4.88. The summed E-state index contributed by atoms with van der Waals surface area (Å²) in [4.78, 5) is 32.9. The Hall–Kier alpha value is -3.99. The van der Waals surface area contributed by atoms with E-state index in [1.165, 1.54) is 0 Å². The number of H-pyrrole nitrogens is 1. The van der Waals surface area contributed by atoms with Crippen LogP contribution < -0.4 is 0 Å². The number of carbonyl (C=O) groups is 2. The zero-order valence-electron chi connectivity index (χ0n) is 15.6. The quantitative estimate of drug-likeness (QED) is 0.740. The Bertz CT molecular complexity index is 1060. The van der Waals surface area contributed by atoms with Crippen molar-refractivity contribution in [3.63, 3.8) is 0 Å². The van der Waals surface area contributed by atoms with Crippen molar-refractivity contribution in [1.29, 1.82) is 5.26 Å². The van der Waals surface area contributed by atoms with Gasteiger partial charge in [-0.15, -0.1) is 0 Å². The number of hydrogen-bond acceptors (Lipinski definition) is 5. The van der Waals surface area contributed by atoms with Gasteiger partial charge in [-0.3, -0.25) is 19.7 Å². The molecule has 2 amide bonds. The molecule has 0 aliphatic carbocycles. The number of pyridine rings is 1. The first-order chi connectivity index (χ1) is 14.2. The Labute approximate surface area is 167 Å². The molecule has 1 fully saturated rings. The molecule has 29 heavy (non-hydrogen) atoms. The van der Waals surface area contributed by atoms with Gasteiger partial charge in [0.05, 0.1) is 17.3 Å². The third kappa shape index (κ3) is 3.84. The van der Waals surface area contributed by atoms with E-state index in [1.807, 2.05) is 18.2 Å². The molecule has 0 radical (unpaired) electrons. The van der Waals surface area contributed by atoms with Crippen molar-refractivity contribution in [1.82, 2.24) is 25.0 Å². The third-order valence-electron chi connectivity index (χ3n) is 4.88. The molecule has 3 heterocycles. The second kappa shape index (κ2) is 7.94. The van der Waals surface area contributed by atoms with Gasteiger partial charge < -0.3 is 9.80 Å². The molecule has 0 saturated carbocycles. The molecule has 0 bridgehead atoms. The summed E-state index contributed by atoms with van der Waals surface area (Å²) in [5.41, 5.74) is 2.97. The van der Waals surface area contributed by atoms with E-state index in [0.29, 0.717) is 48.7 Å². The first-order valence-corrected chi connectivity index (χ1v) is 9.20. The minimum Gasteiger partial charge on any atom is -0.335 e. The van der Waals surface area contributed by atoms with Crippen molar-refractivity contribution in [2.45, 2.75) is 0 Å². The van der Waals surface area contributed by atoms with Crippen LogP contribution in [0.2, 0.25) is 0 Å². The molecular weight excluding hydrogens is 368 g/mol. The number of piperazine rings is 1. The van der Waals surface area contributed by atoms with Crippen LogP contribution in [0.1, 0.15) is 26.4 Å². The van der Waals surface area contributed by atoms with Gasteiger partial charge in [-0.2, -0.15) is 10.4 Å². The Balaban J connectivity index is 1.38. The van der Waals surface area contributed by atoms with Crippen LogP contribution >= 0.6 is 0 Å². The molecule has 1 aromatic carbocycles. The number of rotatable bonds is 3. The monoisotopic (exact) mass is 386 g/mol. The lowest BCUT2D eigenvalue weighted by Gasteiger charge is -2.34. The van der Waals surface area contributed by atoms with Gasteiger partial charge in [0, 0.05) is 49.7 Å². The van der Waals surface area contributed by atoms with Gasteiger partial charge in [0.25, 0.3) is 11.8 Å². The highest BCUT2D eigenvalue weighted by Gasteiger charge is 2.26. The molecule has 0 unspecified atom stereocenters. The molecule has 2 aromatic heterocycles. The van der Waals surface area contributed by atoms with E-state index in [0.717, 1.165) is 5.56 Å². The van der Waals surface area contributed by atoms with Crippen LogP contribution in [0.4, 0.5) is 0 Å². The van der Waals surface area contributed by atoms with Gasteiger partial charge in [0.1, 0.15) is 5.69 Å². The summed E-state index contributed by atoms with van der Waals surface area (Å²) in [6.07, 6.45) is 3.37. The number of benzene rings is 1. The highest BCUT2D eigenvalue weighted by atomic mass is 16.2. The molecule has 1 N–H and O–H groups in total. The largest absolute Gasteiger partial charge is 0.335 e. The predicted molar refractivity (Wildman–Crippen MR) is 105 cm³/mol. The smallest absolute Gasteiger partial charge is 0.272 e. The summed E-state index contributed by atoms with van der Waals surface area (Å²) in [5, 5.41) is 15.9. The fourth-order valence-electron chi connectivity index (χ4n) is 3.25. The fourth-order valence-corrected chi connectivity index (χ4v) is 3.25. The second-order valence-corrected chi connectivity index (χ2v) is 6.68. The second-order valence-electron chi connectivity index (χ2n) is 6.68. The zero-order valence-corrected chi connectivity index (χ0v) is 15.6. The Morgan fingerprint density at radius 1 is 1.00 bits per heavy atom. The number of nitrogens with zero attached hydrogens (tertiary/aromatic N) is 5. The van der Waals surface area contributed by atoms with E-state index < -0.39 is 0 Å². The van der Waals surface area contributed by atoms with Gasteiger partial charge in [-0.1, -0.05) is 0 Å². The number of amides is 2. The van der Waals surface area contributed by atoms with E-state index in [2.05, 4.69) is 15.2 Å². The molecule has 1 saturated heterocycles. The average Bonchev–Trinajstić information content (AvgIpc) is 3.29. The molecule has 1 aliphatic rings. The summed E-state index contributed by atoms with van der Waals surface area (Å²) in [7, 11) is 0. The Kier molecular flexibility index (Phi) is 5.03. The minimum atomic E-state index is -0.141. The molecule has 1 aliphatic heterocycles. The van der Waals surface area contributed by atoms with E-state index in [4.69, 9.17) is 5.26 Å². The summed E-state index contributed by atoms with van der Waals surface area (Å²) in [6, 6.07) is 14.0. The van der Waals surface area contributed by atoms with Gasteiger partial charge >= 0.3 is 0 Å². The summed E-state index contributed by atoms with van der Waals surface area (Å²) >= 11 is 0. The van der Waals surface area contributed by atoms with Crippen LogP contribution in [0.3, 0.4) is 0 Å². The maximum absolute atomic E-state index is 12.8. The maximum Gasteiger partial charge on any atom is 0.272 e. The number of nitrogens with one attached hydrogen (secondary N) is 1. The van der Waals surface area contributed by atoms with Crippen LogP contribution in [0.15, 0.2) is 54.9 Å². The van der Waals surface area contributed by atoms with Crippen LogP contribution in [0.5, 0.6) is 0 Å². The van der Waals surface area contributed by atoms with Crippen LogP contribution in [0, 0.1) is 11.3 Å². The van der Waals surface area contributed by atoms with Crippen LogP contribution in [0.25, 0.3) is 11.3 Å². The van der Waals surface area contributed by atoms with Crippen molar-refractivity contribution in [3.8, 4) is 17.3 Å². The van der Waals surface area contributed by atoms with Crippen molar-refractivity contribution in [3.05, 3.63) is 71.7 Å². The highest BCUT2D eigenvalue weighted by Crippen LogP contribution is 2.18. The standard InChI is InChI=1S/C21H18N6O2/c22-13-15-3-5-16(6-4-15)20(28)26-8-10-27(11-9-26)21(29)19-12-18(24-25-19)17-2-1-7-23-14-17/h1-7,12,14H,8-11H2,(H,24,25). The lowest BCUT2D eigenvalue weighted by Crippen LogP contribution is -2.50. The molecule has 144 valence electrons. The van der Waals surface area contributed by atoms with Crippen molar-refractivity contribution in [2.75, 3.05) is 26.2 Å². The number of hydrogen-bond donors (Lipinski definition) is 1. The first kappa shape index (κ1) is 18.4. The summed E-state index contributed by atoms with van der Waals surface area (Å²) < 4.78 is 0. The summed E-state index contributed by atoms with van der Waals surface area (Å²) in [6.45, 7) is 1.80. The Morgan fingerprint density at radius 2 is 1.69 bits per heavy atom. The molecule has 8 heteroatoms. The molecule has 0 atom stereocenters. The van der Waals surface area contributed by atoms with E-state index in [1.54, 1.807) is 52.5 Å². The molecule has 0 spiro atoms. The SMILES string of the molecule is N#Cc1ccc(C(=O)N2CCN(C(=O)c3cc(-c4cccnc4)n[nH]3)CC2)cc1. The first-order valence-electron chi connectivity index (χ1n) is 9.20. The average molecular weight is 386 g/mol. The maximum atomic E-state index is 12.8. The molecule has 8 nitrogen and oxygen atoms in total. The fraction of sp³-hybridized carbons (Fsp3) is 0.190. The Morgan fingerprint density at radius 3 is 2.31 bits per heavy atom. The van der Waals surface area contributed by atoms with Gasteiger partial charge in [-0.25, -0.2) is 0 Å². The van der Waals surface area contributed by atoms with E-state index >= 15 is 0 Å². The molecule has 3 aromatic rings. The van der Waals surface area contributed by atoms with Gasteiger partial charge in [0.2, 0.25) is 0 Å². The van der Waals surface area contributed by atoms with Crippen molar-refractivity contribution >= 4 is 11.8 Å². The summed E-state index contributed by atoms with van der Waals surface area (Å²) in [5.74, 6) is -0.236. The zero-order chi connectivity index (χ0) is 20.2. The minimum absolute atomic E-state index is 0.0954. The van der Waals surface area contributed by atoms with Crippen LogP contribution in [-0.4, -0.2) is 63.0 Å².